The van der Waals surface area contributed by atoms with Gasteiger partial charge in [-0.1, -0.05) is 42.5 Å². The third-order valence-electron chi connectivity index (χ3n) is 9.75. The number of benzene rings is 3. The normalized spacial score (nSPS) is 29.2. The maximum absolute atomic E-state index is 15.0. The van der Waals surface area contributed by atoms with Gasteiger partial charge in [0, 0.05) is 47.5 Å². The average molecular weight is 565 g/mol. The summed E-state index contributed by atoms with van der Waals surface area (Å²) in [5.74, 6) is -0.977. The Balaban J connectivity index is 1.47. The minimum absolute atomic E-state index is 0.0576. The van der Waals surface area contributed by atoms with Gasteiger partial charge in [-0.05, 0) is 67.5 Å². The van der Waals surface area contributed by atoms with Crippen LogP contribution in [0.25, 0.3) is 6.08 Å². The molecule has 0 radical (unpaired) electrons. The van der Waals surface area contributed by atoms with Crippen LogP contribution < -0.4 is 5.32 Å². The summed E-state index contributed by atoms with van der Waals surface area (Å²) in [7, 11) is 0. The second-order valence-electron chi connectivity index (χ2n) is 11.6. The van der Waals surface area contributed by atoms with Gasteiger partial charge in [0.1, 0.15) is 5.54 Å². The molecule has 3 aliphatic heterocycles. The predicted octanol–water partition coefficient (Wildman–Crippen LogP) is 5.74. The van der Waals surface area contributed by atoms with Crippen molar-refractivity contribution in [3.8, 4) is 0 Å². The van der Waals surface area contributed by atoms with Crippen LogP contribution >= 0.6 is 0 Å². The number of hydrogen-bond acceptors (Lipinski definition) is 7. The molecule has 1 amide bonds. The Morgan fingerprint density at radius 2 is 1.64 bits per heavy atom. The monoisotopic (exact) mass is 564 g/mol. The van der Waals surface area contributed by atoms with E-state index < -0.39 is 26.7 Å². The summed E-state index contributed by atoms with van der Waals surface area (Å²) in [6.07, 6.45) is 5.01. The number of amides is 1. The smallest absolute Gasteiger partial charge is 0.270 e. The highest BCUT2D eigenvalue weighted by Gasteiger charge is 2.75. The zero-order valence-corrected chi connectivity index (χ0v) is 22.7. The first kappa shape index (κ1) is 26.2. The van der Waals surface area contributed by atoms with E-state index in [1.165, 1.54) is 24.3 Å². The Morgan fingerprint density at radius 1 is 0.905 bits per heavy atom. The largest absolute Gasteiger partial charge is 0.324 e. The van der Waals surface area contributed by atoms with E-state index in [1.807, 2.05) is 30.3 Å². The number of allylic oxidation sites excluding steroid dienone is 1. The standard InChI is InChI=1S/C32H28N4O6/c37-29-22(17-20-7-3-10-23(18-20)35(39)40)9-5-15-31(29)27-14-6-16-34(27)32(25-12-1-2-13-26(25)33-30(32)38)28(31)21-8-4-11-24(19-21)36(41)42/h1-4,7-8,10-13,17-19,27-28H,5-6,9,14-16H2,(H,33,38)/b22-17+/t27-,28+,31-,32+/m1/s1. The number of hydrogen-bond donors (Lipinski definition) is 1. The Labute approximate surface area is 241 Å². The van der Waals surface area contributed by atoms with Gasteiger partial charge in [-0.25, -0.2) is 0 Å². The molecular formula is C32H28N4O6. The quantitative estimate of drug-likeness (QED) is 0.243. The minimum Gasteiger partial charge on any atom is -0.324 e. The molecule has 4 atom stereocenters. The Morgan fingerprint density at radius 3 is 2.43 bits per heavy atom. The Kier molecular flexibility index (Phi) is 5.88. The maximum atomic E-state index is 15.0. The highest BCUT2D eigenvalue weighted by molar-refractivity contribution is 6.11. The molecule has 3 aromatic carbocycles. The van der Waals surface area contributed by atoms with Crippen molar-refractivity contribution in [3.63, 3.8) is 0 Å². The number of anilines is 1. The number of non-ortho nitro benzene ring substituents is 2. The second-order valence-corrected chi connectivity index (χ2v) is 11.6. The molecule has 212 valence electrons. The number of nitrogens with one attached hydrogen (secondary N) is 1. The summed E-state index contributed by atoms with van der Waals surface area (Å²) in [5, 5.41) is 26.4. The number of nitro groups is 2. The summed E-state index contributed by atoms with van der Waals surface area (Å²) < 4.78 is 0. The lowest BCUT2D eigenvalue weighted by atomic mass is 9.55. The number of rotatable bonds is 4. The molecule has 1 aliphatic carbocycles. The zero-order chi connectivity index (χ0) is 29.2. The first-order chi connectivity index (χ1) is 20.3. The number of nitro benzene ring substituents is 2. The van der Waals surface area contributed by atoms with Crippen molar-refractivity contribution in [2.75, 3.05) is 11.9 Å². The number of ketones is 1. The topological polar surface area (TPSA) is 136 Å². The van der Waals surface area contributed by atoms with Crippen LogP contribution in [-0.4, -0.2) is 39.0 Å². The van der Waals surface area contributed by atoms with E-state index in [0.717, 1.165) is 18.4 Å². The number of para-hydroxylation sites is 1. The molecule has 10 heteroatoms. The molecule has 0 aromatic heterocycles. The van der Waals surface area contributed by atoms with E-state index in [2.05, 4.69) is 10.2 Å². The van der Waals surface area contributed by atoms with Crippen LogP contribution in [0.1, 0.15) is 54.7 Å². The first-order valence-electron chi connectivity index (χ1n) is 14.2. The molecule has 7 rings (SSSR count). The molecule has 2 saturated heterocycles. The van der Waals surface area contributed by atoms with E-state index in [1.54, 1.807) is 24.3 Å². The van der Waals surface area contributed by atoms with Crippen LogP contribution in [0.15, 0.2) is 78.4 Å². The highest BCUT2D eigenvalue weighted by atomic mass is 16.6. The fourth-order valence-corrected chi connectivity index (χ4v) is 8.41. The molecule has 1 saturated carbocycles. The fraction of sp³-hybridized carbons (Fsp3) is 0.312. The summed E-state index contributed by atoms with van der Waals surface area (Å²) in [5.41, 5.74) is 0.820. The van der Waals surface area contributed by atoms with E-state index in [0.29, 0.717) is 48.2 Å². The lowest BCUT2D eigenvalue weighted by Crippen LogP contribution is -2.50. The van der Waals surface area contributed by atoms with Crippen molar-refractivity contribution in [1.29, 1.82) is 0 Å². The SMILES string of the molecule is O=C1/C(=C/c2cccc([N+](=O)[O-])c2)CCC[C@]12[C@H]1CCCN1[C@]1(C(=O)Nc3ccccc31)[C@H]2c1cccc([N+](=O)[O-])c1. The van der Waals surface area contributed by atoms with Gasteiger partial charge in [-0.2, -0.15) is 0 Å². The number of nitrogens with zero attached hydrogens (tertiary/aromatic N) is 3. The van der Waals surface area contributed by atoms with Crippen molar-refractivity contribution in [3.05, 3.63) is 115 Å². The summed E-state index contributed by atoms with van der Waals surface area (Å²) in [6, 6.07) is 19.9. The third-order valence-corrected chi connectivity index (χ3v) is 9.75. The van der Waals surface area contributed by atoms with Gasteiger partial charge in [0.2, 0.25) is 5.91 Å². The molecule has 4 aliphatic rings. The van der Waals surface area contributed by atoms with Crippen molar-refractivity contribution in [2.24, 2.45) is 5.41 Å². The number of fused-ring (bicyclic) bond motifs is 5. The predicted molar refractivity (Wildman–Crippen MR) is 155 cm³/mol. The van der Waals surface area contributed by atoms with Crippen LogP contribution in [0.4, 0.5) is 17.1 Å². The van der Waals surface area contributed by atoms with Gasteiger partial charge in [-0.15, -0.1) is 0 Å². The van der Waals surface area contributed by atoms with Crippen molar-refractivity contribution < 1.29 is 19.4 Å². The van der Waals surface area contributed by atoms with Gasteiger partial charge in [0.05, 0.1) is 15.3 Å². The van der Waals surface area contributed by atoms with Crippen LogP contribution in [0.3, 0.4) is 0 Å². The number of Topliss-reactive ketones (excluding diaryl/α,β-unsaturated/α-hetero) is 1. The van der Waals surface area contributed by atoms with Gasteiger partial charge in [-0.3, -0.25) is 34.7 Å². The Hall–Kier alpha value is -4.70. The van der Waals surface area contributed by atoms with E-state index in [9.17, 15) is 29.8 Å². The van der Waals surface area contributed by atoms with Gasteiger partial charge in [0.15, 0.2) is 5.78 Å². The van der Waals surface area contributed by atoms with Crippen molar-refractivity contribution >= 4 is 34.8 Å². The molecule has 0 bridgehead atoms. The van der Waals surface area contributed by atoms with Crippen LogP contribution in [0.2, 0.25) is 0 Å². The zero-order valence-electron chi connectivity index (χ0n) is 22.7. The van der Waals surface area contributed by atoms with Crippen LogP contribution in [0, 0.1) is 25.6 Å². The van der Waals surface area contributed by atoms with Gasteiger partial charge in [0.25, 0.3) is 11.4 Å². The molecule has 1 N–H and O–H groups in total. The van der Waals surface area contributed by atoms with E-state index in [4.69, 9.17) is 0 Å². The van der Waals surface area contributed by atoms with Gasteiger partial charge >= 0.3 is 0 Å². The summed E-state index contributed by atoms with van der Waals surface area (Å²) in [4.78, 5) is 53.9. The Bertz CT molecular complexity index is 1720. The highest BCUT2D eigenvalue weighted by Crippen LogP contribution is 2.69. The molecule has 3 aromatic rings. The summed E-state index contributed by atoms with van der Waals surface area (Å²) in [6.45, 7) is 0.622. The molecular weight excluding hydrogens is 536 g/mol. The molecule has 3 fully saturated rings. The number of carbonyl (C=O) groups is 2. The minimum atomic E-state index is -1.21. The van der Waals surface area contributed by atoms with Crippen molar-refractivity contribution in [1.82, 2.24) is 4.90 Å². The molecule has 2 spiro atoms. The third kappa shape index (κ3) is 3.48. The molecule has 10 nitrogen and oxygen atoms in total. The second kappa shape index (κ2) is 9.42. The molecule has 42 heavy (non-hydrogen) atoms. The maximum Gasteiger partial charge on any atom is 0.270 e. The molecule has 3 heterocycles. The lowest BCUT2D eigenvalue weighted by molar-refractivity contribution is -0.385. The first-order valence-corrected chi connectivity index (χ1v) is 14.2. The fourth-order valence-electron chi connectivity index (χ4n) is 8.41. The van der Waals surface area contributed by atoms with Gasteiger partial charge < -0.3 is 5.32 Å². The average Bonchev–Trinajstić information content (AvgIpc) is 3.65. The number of carbonyl (C=O) groups excluding carboxylic acids is 2. The summed E-state index contributed by atoms with van der Waals surface area (Å²) >= 11 is 0. The van der Waals surface area contributed by atoms with E-state index in [-0.39, 0.29) is 29.1 Å². The molecule has 0 unspecified atom stereocenters. The van der Waals surface area contributed by atoms with E-state index >= 15 is 0 Å². The van der Waals surface area contributed by atoms with Crippen LogP contribution in [0.5, 0.6) is 0 Å². The lowest BCUT2D eigenvalue weighted by Gasteiger charge is -2.44. The van der Waals surface area contributed by atoms with Crippen LogP contribution in [-0.2, 0) is 15.1 Å². The van der Waals surface area contributed by atoms with Crippen molar-refractivity contribution in [2.45, 2.75) is 49.6 Å².